The molecule has 0 heterocycles. The second kappa shape index (κ2) is 7.99. The summed E-state index contributed by atoms with van der Waals surface area (Å²) < 4.78 is 0. The number of allylic oxidation sites excluding steroid dienone is 2. The van der Waals surface area contributed by atoms with Gasteiger partial charge < -0.3 is 4.90 Å². The van der Waals surface area contributed by atoms with E-state index in [1.165, 1.54) is 0 Å². The van der Waals surface area contributed by atoms with E-state index in [9.17, 15) is 9.59 Å². The quantitative estimate of drug-likeness (QED) is 0.461. The van der Waals surface area contributed by atoms with E-state index in [0.717, 1.165) is 24.2 Å². The zero-order chi connectivity index (χ0) is 20.4. The molecule has 2 aliphatic rings. The second-order valence-corrected chi connectivity index (χ2v) is 7.86. The lowest BCUT2D eigenvalue weighted by Gasteiger charge is -2.16. The fourth-order valence-electron chi connectivity index (χ4n) is 3.97. The molecular formula is C23H24N4O2. The molecule has 1 saturated carbocycles. The van der Waals surface area contributed by atoms with Crippen LogP contribution in [-0.4, -0.2) is 25.9 Å². The summed E-state index contributed by atoms with van der Waals surface area (Å²) in [6.45, 7) is 0. The summed E-state index contributed by atoms with van der Waals surface area (Å²) >= 11 is 0. The van der Waals surface area contributed by atoms with E-state index in [0.29, 0.717) is 17.2 Å². The molecule has 148 valence electrons. The van der Waals surface area contributed by atoms with Crippen molar-refractivity contribution in [2.45, 2.75) is 12.8 Å². The van der Waals surface area contributed by atoms with Gasteiger partial charge in [-0.15, -0.1) is 0 Å². The Morgan fingerprint density at radius 3 is 2.03 bits per heavy atom. The minimum Gasteiger partial charge on any atom is -0.378 e. The molecule has 2 aromatic carbocycles. The summed E-state index contributed by atoms with van der Waals surface area (Å²) in [7, 11) is 3.97. The summed E-state index contributed by atoms with van der Waals surface area (Å²) in [5.41, 5.74) is 2.92. The van der Waals surface area contributed by atoms with E-state index in [2.05, 4.69) is 27.7 Å². The Bertz CT molecular complexity index is 961. The number of carbonyl (C=O) groups excluding carboxylic acids is 2. The standard InChI is InChI=1S/C23H24N4O2/c1-27(2)20-11-9-19(10-12-20)26-25-18-7-5-16(6-8-18)22(28)24-23(29)21-14-15-3-4-17(21)13-15/h3-12,15,17,21H,13-14H2,1-2H3,(H,24,28,29)/b26-25+/t15?,17?,21-/m0/s1. The van der Waals surface area contributed by atoms with E-state index >= 15 is 0 Å². The number of amides is 2. The Hall–Kier alpha value is -3.28. The van der Waals surface area contributed by atoms with Crippen LogP contribution in [0.1, 0.15) is 23.2 Å². The van der Waals surface area contributed by atoms with Crippen LogP contribution in [0.2, 0.25) is 0 Å². The number of imide groups is 1. The number of hydrogen-bond acceptors (Lipinski definition) is 5. The topological polar surface area (TPSA) is 74.1 Å². The number of nitrogens with one attached hydrogen (secondary N) is 1. The van der Waals surface area contributed by atoms with Crippen molar-refractivity contribution in [1.82, 2.24) is 5.32 Å². The Kier molecular flexibility index (Phi) is 5.25. The molecule has 0 radical (unpaired) electrons. The molecule has 0 spiro atoms. The summed E-state index contributed by atoms with van der Waals surface area (Å²) in [5.74, 6) is 0.152. The first-order chi connectivity index (χ1) is 14.0. The number of rotatable bonds is 5. The molecule has 2 aromatic rings. The lowest BCUT2D eigenvalue weighted by atomic mass is 9.93. The molecule has 1 fully saturated rings. The number of benzene rings is 2. The van der Waals surface area contributed by atoms with Crippen molar-refractivity contribution in [2.24, 2.45) is 28.0 Å². The van der Waals surface area contributed by atoms with Crippen molar-refractivity contribution < 1.29 is 9.59 Å². The Morgan fingerprint density at radius 2 is 1.52 bits per heavy atom. The first-order valence-electron chi connectivity index (χ1n) is 9.82. The Morgan fingerprint density at radius 1 is 0.897 bits per heavy atom. The molecule has 2 bridgehead atoms. The third-order valence-corrected chi connectivity index (χ3v) is 5.63. The number of azo groups is 1. The van der Waals surface area contributed by atoms with E-state index in [1.54, 1.807) is 24.3 Å². The molecule has 2 aliphatic carbocycles. The SMILES string of the molecule is CN(C)c1ccc(/N=N/c2ccc(C(=O)NC(=O)[C@H]3CC4C=CC3C4)cc2)cc1. The maximum atomic E-state index is 12.4. The first-order valence-corrected chi connectivity index (χ1v) is 9.82. The first kappa shape index (κ1) is 19.1. The van der Waals surface area contributed by atoms with Gasteiger partial charge in [0.1, 0.15) is 0 Å². The fourth-order valence-corrected chi connectivity index (χ4v) is 3.97. The normalized spacial score (nSPS) is 22.2. The van der Waals surface area contributed by atoms with Crippen LogP contribution in [0.15, 0.2) is 70.9 Å². The van der Waals surface area contributed by atoms with E-state index in [1.807, 2.05) is 43.3 Å². The summed E-state index contributed by atoms with van der Waals surface area (Å²) in [5, 5.41) is 11.0. The third kappa shape index (κ3) is 4.26. The molecule has 2 unspecified atom stereocenters. The number of hydrogen-bond donors (Lipinski definition) is 1. The van der Waals surface area contributed by atoms with Gasteiger partial charge in [-0.1, -0.05) is 12.2 Å². The van der Waals surface area contributed by atoms with Crippen molar-refractivity contribution >= 4 is 28.9 Å². The average Bonchev–Trinajstić information content (AvgIpc) is 3.36. The van der Waals surface area contributed by atoms with Crippen LogP contribution in [0, 0.1) is 17.8 Å². The van der Waals surface area contributed by atoms with Crippen LogP contribution in [-0.2, 0) is 4.79 Å². The number of fused-ring (bicyclic) bond motifs is 2. The minimum atomic E-state index is -0.371. The van der Waals surface area contributed by atoms with Crippen LogP contribution in [0.3, 0.4) is 0 Å². The monoisotopic (exact) mass is 388 g/mol. The van der Waals surface area contributed by atoms with Crippen molar-refractivity contribution in [1.29, 1.82) is 0 Å². The van der Waals surface area contributed by atoms with Gasteiger partial charge in [-0.05, 0) is 73.2 Å². The number of carbonyl (C=O) groups is 2. The summed E-state index contributed by atoms with van der Waals surface area (Å²) in [4.78, 5) is 26.8. The zero-order valence-electron chi connectivity index (χ0n) is 16.6. The van der Waals surface area contributed by atoms with Crippen LogP contribution in [0.4, 0.5) is 17.1 Å². The lowest BCUT2D eigenvalue weighted by molar-refractivity contribution is -0.124. The molecular weight excluding hydrogens is 364 g/mol. The van der Waals surface area contributed by atoms with Crippen LogP contribution in [0.25, 0.3) is 0 Å². The van der Waals surface area contributed by atoms with Crippen LogP contribution in [0.5, 0.6) is 0 Å². The molecule has 0 saturated heterocycles. The predicted molar refractivity (Wildman–Crippen MR) is 113 cm³/mol. The van der Waals surface area contributed by atoms with Crippen molar-refractivity contribution in [3.05, 3.63) is 66.2 Å². The molecule has 29 heavy (non-hydrogen) atoms. The lowest BCUT2D eigenvalue weighted by Crippen LogP contribution is -2.37. The molecule has 0 aliphatic heterocycles. The maximum absolute atomic E-state index is 12.4. The van der Waals surface area contributed by atoms with Gasteiger partial charge in [0, 0.05) is 31.3 Å². The van der Waals surface area contributed by atoms with Crippen LogP contribution < -0.4 is 10.2 Å². The molecule has 6 nitrogen and oxygen atoms in total. The largest absolute Gasteiger partial charge is 0.378 e. The van der Waals surface area contributed by atoms with Crippen LogP contribution >= 0.6 is 0 Å². The second-order valence-electron chi connectivity index (χ2n) is 7.86. The Labute approximate surface area is 170 Å². The van der Waals surface area contributed by atoms with Gasteiger partial charge in [0.05, 0.1) is 11.4 Å². The molecule has 1 N–H and O–H groups in total. The van der Waals surface area contributed by atoms with E-state index in [-0.39, 0.29) is 23.7 Å². The fraction of sp³-hybridized carbons (Fsp3) is 0.304. The van der Waals surface area contributed by atoms with Gasteiger partial charge in [-0.2, -0.15) is 10.2 Å². The highest BCUT2D eigenvalue weighted by atomic mass is 16.2. The van der Waals surface area contributed by atoms with Gasteiger partial charge in [-0.3, -0.25) is 14.9 Å². The molecule has 3 atom stereocenters. The van der Waals surface area contributed by atoms with E-state index in [4.69, 9.17) is 0 Å². The highest BCUT2D eigenvalue weighted by Crippen LogP contribution is 2.43. The molecule has 0 aromatic heterocycles. The zero-order valence-corrected chi connectivity index (χ0v) is 16.6. The summed E-state index contributed by atoms with van der Waals surface area (Å²) in [6.07, 6.45) is 6.16. The maximum Gasteiger partial charge on any atom is 0.257 e. The minimum absolute atomic E-state index is 0.0825. The highest BCUT2D eigenvalue weighted by Gasteiger charge is 2.40. The van der Waals surface area contributed by atoms with Crippen molar-refractivity contribution in [3.8, 4) is 0 Å². The number of anilines is 1. The number of nitrogens with zero attached hydrogens (tertiary/aromatic N) is 3. The molecule has 4 rings (SSSR count). The van der Waals surface area contributed by atoms with Gasteiger partial charge in [0.15, 0.2) is 0 Å². The van der Waals surface area contributed by atoms with Crippen molar-refractivity contribution in [3.63, 3.8) is 0 Å². The smallest absolute Gasteiger partial charge is 0.257 e. The summed E-state index contributed by atoms with van der Waals surface area (Å²) in [6, 6.07) is 14.5. The van der Waals surface area contributed by atoms with Gasteiger partial charge in [0.2, 0.25) is 5.91 Å². The van der Waals surface area contributed by atoms with Gasteiger partial charge in [0.25, 0.3) is 5.91 Å². The Balaban J connectivity index is 1.35. The van der Waals surface area contributed by atoms with Gasteiger partial charge in [-0.25, -0.2) is 0 Å². The highest BCUT2D eigenvalue weighted by molar-refractivity contribution is 6.05. The average molecular weight is 388 g/mol. The van der Waals surface area contributed by atoms with E-state index < -0.39 is 0 Å². The molecule has 2 amide bonds. The van der Waals surface area contributed by atoms with Gasteiger partial charge >= 0.3 is 0 Å². The third-order valence-electron chi connectivity index (χ3n) is 5.63. The van der Waals surface area contributed by atoms with Crippen molar-refractivity contribution in [2.75, 3.05) is 19.0 Å². The molecule has 6 heteroatoms. The predicted octanol–water partition coefficient (Wildman–Crippen LogP) is 4.64.